The molecule has 5 heteroatoms. The molecule has 3 aromatic carbocycles. The van der Waals surface area contributed by atoms with Crippen LogP contribution in [0.5, 0.6) is 0 Å². The van der Waals surface area contributed by atoms with Crippen molar-refractivity contribution in [3.63, 3.8) is 0 Å². The first-order valence-corrected chi connectivity index (χ1v) is 10.3. The predicted octanol–water partition coefficient (Wildman–Crippen LogP) is 4.75. The van der Waals surface area contributed by atoms with Crippen molar-refractivity contribution >= 4 is 0 Å². The monoisotopic (exact) mass is 397 g/mol. The lowest BCUT2D eigenvalue weighted by Gasteiger charge is -2.28. The number of hydrogen-bond donors (Lipinski definition) is 0. The highest BCUT2D eigenvalue weighted by atomic mass is 15.6. The third kappa shape index (κ3) is 4.16. The van der Waals surface area contributed by atoms with Crippen LogP contribution in [0.1, 0.15) is 41.0 Å². The second kappa shape index (κ2) is 9.01. The van der Waals surface area contributed by atoms with Gasteiger partial charge in [0.2, 0.25) is 0 Å². The van der Waals surface area contributed by atoms with Gasteiger partial charge in [-0.3, -0.25) is 4.90 Å². The minimum absolute atomic E-state index is 0.0772. The van der Waals surface area contributed by atoms with Gasteiger partial charge in [0.15, 0.2) is 5.82 Å². The molecule has 1 aromatic heterocycles. The summed E-state index contributed by atoms with van der Waals surface area (Å²) >= 11 is 0. The van der Waals surface area contributed by atoms with Gasteiger partial charge >= 0.3 is 0 Å². The summed E-state index contributed by atoms with van der Waals surface area (Å²) in [5.74, 6) is 0.808. The molecule has 0 saturated heterocycles. The number of aromatic nitrogens is 4. The second-order valence-corrected chi connectivity index (χ2v) is 7.63. The van der Waals surface area contributed by atoms with Gasteiger partial charge in [0, 0.05) is 6.54 Å². The Bertz CT molecular complexity index is 1090. The van der Waals surface area contributed by atoms with Crippen molar-refractivity contribution in [3.05, 3.63) is 107 Å². The van der Waals surface area contributed by atoms with E-state index in [1.807, 2.05) is 22.9 Å². The topological polar surface area (TPSA) is 46.8 Å². The quantitative estimate of drug-likeness (QED) is 0.451. The van der Waals surface area contributed by atoms with E-state index in [9.17, 15) is 0 Å². The maximum atomic E-state index is 4.46. The van der Waals surface area contributed by atoms with E-state index in [1.54, 1.807) is 0 Å². The first-order valence-electron chi connectivity index (χ1n) is 10.3. The van der Waals surface area contributed by atoms with Crippen LogP contribution in [0.25, 0.3) is 5.69 Å². The Balaban J connectivity index is 1.73. The molecule has 4 rings (SSSR count). The van der Waals surface area contributed by atoms with Crippen LogP contribution in [0.3, 0.4) is 0 Å². The van der Waals surface area contributed by atoms with Crippen LogP contribution in [0.15, 0.2) is 78.9 Å². The fraction of sp³-hybridized carbons (Fsp3) is 0.240. The summed E-state index contributed by atoms with van der Waals surface area (Å²) < 4.78 is 1.86. The SMILES string of the molecule is CCc1ccc(CN(C)[C@@H](c2ccccc2)c2nnnn2-c2ccccc2C)cc1. The molecule has 1 heterocycles. The molecule has 0 aliphatic rings. The Morgan fingerprint density at radius 1 is 0.867 bits per heavy atom. The van der Waals surface area contributed by atoms with Crippen molar-refractivity contribution < 1.29 is 0 Å². The molecule has 0 spiro atoms. The summed E-state index contributed by atoms with van der Waals surface area (Å²) in [6.45, 7) is 5.06. The fourth-order valence-corrected chi connectivity index (χ4v) is 3.83. The number of tetrazole rings is 1. The van der Waals surface area contributed by atoms with Crippen molar-refractivity contribution in [1.82, 2.24) is 25.1 Å². The number of para-hydroxylation sites is 1. The van der Waals surface area contributed by atoms with Crippen LogP contribution in [0.2, 0.25) is 0 Å². The van der Waals surface area contributed by atoms with Gasteiger partial charge in [-0.1, -0.05) is 79.7 Å². The Kier molecular flexibility index (Phi) is 6.00. The van der Waals surface area contributed by atoms with E-state index in [2.05, 4.69) is 102 Å². The summed E-state index contributed by atoms with van der Waals surface area (Å²) in [4.78, 5) is 2.30. The van der Waals surface area contributed by atoms with Crippen molar-refractivity contribution in [3.8, 4) is 5.69 Å². The Hall–Kier alpha value is -3.31. The van der Waals surface area contributed by atoms with Gasteiger partial charge in [-0.2, -0.15) is 4.68 Å². The van der Waals surface area contributed by atoms with Gasteiger partial charge in [-0.25, -0.2) is 0 Å². The molecular weight excluding hydrogens is 370 g/mol. The Morgan fingerprint density at radius 2 is 1.53 bits per heavy atom. The third-order valence-electron chi connectivity index (χ3n) is 5.50. The van der Waals surface area contributed by atoms with E-state index in [-0.39, 0.29) is 6.04 Å². The van der Waals surface area contributed by atoms with Crippen LogP contribution in [-0.2, 0) is 13.0 Å². The lowest BCUT2D eigenvalue weighted by atomic mass is 10.0. The van der Waals surface area contributed by atoms with Crippen molar-refractivity contribution in [2.24, 2.45) is 0 Å². The van der Waals surface area contributed by atoms with E-state index in [0.717, 1.165) is 35.6 Å². The summed E-state index contributed by atoms with van der Waals surface area (Å²) in [5.41, 5.74) is 5.92. The van der Waals surface area contributed by atoms with Crippen LogP contribution in [-0.4, -0.2) is 32.2 Å². The van der Waals surface area contributed by atoms with Crippen LogP contribution in [0.4, 0.5) is 0 Å². The zero-order chi connectivity index (χ0) is 20.9. The predicted molar refractivity (Wildman–Crippen MR) is 119 cm³/mol. The van der Waals surface area contributed by atoms with E-state index in [4.69, 9.17) is 0 Å². The minimum atomic E-state index is -0.0772. The fourth-order valence-electron chi connectivity index (χ4n) is 3.83. The maximum Gasteiger partial charge on any atom is 0.178 e. The average molecular weight is 398 g/mol. The molecule has 4 aromatic rings. The molecule has 152 valence electrons. The number of benzene rings is 3. The van der Waals surface area contributed by atoms with Gasteiger partial charge in [0.25, 0.3) is 0 Å². The van der Waals surface area contributed by atoms with E-state index >= 15 is 0 Å². The zero-order valence-electron chi connectivity index (χ0n) is 17.7. The highest BCUT2D eigenvalue weighted by Crippen LogP contribution is 2.29. The van der Waals surface area contributed by atoms with Gasteiger partial charge in [0.1, 0.15) is 0 Å². The van der Waals surface area contributed by atoms with Crippen LogP contribution >= 0.6 is 0 Å². The molecule has 0 fully saturated rings. The molecule has 0 radical (unpaired) electrons. The first-order chi connectivity index (χ1) is 14.7. The number of aryl methyl sites for hydroxylation is 2. The van der Waals surface area contributed by atoms with Crippen LogP contribution in [0, 0.1) is 6.92 Å². The lowest BCUT2D eigenvalue weighted by Crippen LogP contribution is -2.28. The molecule has 5 nitrogen and oxygen atoms in total. The van der Waals surface area contributed by atoms with E-state index in [1.165, 1.54) is 11.1 Å². The van der Waals surface area contributed by atoms with Gasteiger partial charge in [-0.05, 0) is 59.1 Å². The number of nitrogens with zero attached hydrogens (tertiary/aromatic N) is 5. The molecule has 0 unspecified atom stereocenters. The highest BCUT2D eigenvalue weighted by Gasteiger charge is 2.26. The molecule has 0 aliphatic carbocycles. The molecule has 1 atom stereocenters. The molecule has 30 heavy (non-hydrogen) atoms. The number of rotatable bonds is 7. The highest BCUT2D eigenvalue weighted by molar-refractivity contribution is 5.40. The zero-order valence-corrected chi connectivity index (χ0v) is 17.7. The summed E-state index contributed by atoms with van der Waals surface area (Å²) in [7, 11) is 2.13. The molecular formula is C25H27N5. The molecule has 0 aliphatic heterocycles. The lowest BCUT2D eigenvalue weighted by molar-refractivity contribution is 0.258. The van der Waals surface area contributed by atoms with E-state index in [0.29, 0.717) is 0 Å². The molecule has 0 bridgehead atoms. The van der Waals surface area contributed by atoms with Crippen LogP contribution < -0.4 is 0 Å². The smallest absolute Gasteiger partial charge is 0.178 e. The van der Waals surface area contributed by atoms with Crippen molar-refractivity contribution in [2.75, 3.05) is 7.05 Å². The standard InChI is InChI=1S/C25H27N5/c1-4-20-14-16-21(17-15-20)18-29(3)24(22-11-6-5-7-12-22)25-26-27-28-30(25)23-13-9-8-10-19(23)2/h5-17,24H,4,18H2,1-3H3/t24-/m0/s1. The largest absolute Gasteiger partial charge is 0.288 e. The van der Waals surface area contributed by atoms with Gasteiger partial charge < -0.3 is 0 Å². The van der Waals surface area contributed by atoms with Crippen molar-refractivity contribution in [2.45, 2.75) is 32.9 Å². The second-order valence-electron chi connectivity index (χ2n) is 7.63. The molecule has 0 amide bonds. The first kappa shape index (κ1) is 20.0. The molecule has 0 N–H and O–H groups in total. The summed E-state index contributed by atoms with van der Waals surface area (Å²) in [6.07, 6.45) is 1.05. The van der Waals surface area contributed by atoms with Gasteiger partial charge in [0.05, 0.1) is 11.7 Å². The van der Waals surface area contributed by atoms with E-state index < -0.39 is 0 Å². The minimum Gasteiger partial charge on any atom is -0.288 e. The molecule has 0 saturated carbocycles. The normalized spacial score (nSPS) is 12.3. The summed E-state index contributed by atoms with van der Waals surface area (Å²) in [6, 6.07) is 27.4. The third-order valence-corrected chi connectivity index (χ3v) is 5.50. The Morgan fingerprint density at radius 3 is 2.23 bits per heavy atom. The summed E-state index contributed by atoms with van der Waals surface area (Å²) in [5, 5.41) is 12.8. The van der Waals surface area contributed by atoms with Crippen molar-refractivity contribution in [1.29, 1.82) is 0 Å². The average Bonchev–Trinajstić information content (AvgIpc) is 3.24. The maximum absolute atomic E-state index is 4.46. The number of hydrogen-bond acceptors (Lipinski definition) is 4. The van der Waals surface area contributed by atoms with Gasteiger partial charge in [-0.15, -0.1) is 5.10 Å². The Labute approximate surface area is 178 Å².